The van der Waals surface area contributed by atoms with Gasteiger partial charge in [0.2, 0.25) is 17.7 Å². The lowest BCUT2D eigenvalue weighted by Gasteiger charge is -2.33. The number of amides is 1. The molecule has 5 N–H and O–H groups in total. The highest BCUT2D eigenvalue weighted by Crippen LogP contribution is 2.35. The standard InChI is InChI=1S/C29H36F3N7O3/c1-7-21(22(13-17(3)4)36-24(40)8-2)37-26-20(29(30,31)32)16-33-27(39-26)35-19-14-23(38-25(15-19)42-6)34-18-9-11-28(5,41)12-10-18/h7-8,13-16,18,41H,1-2,9-12H2,3-6H3,(H,36,40)(H3,33,34,35,37,38,39)/b22-21-. The van der Waals surface area contributed by atoms with Crippen molar-refractivity contribution < 1.29 is 27.8 Å². The fraction of sp³-hybridized carbons (Fsp3) is 0.379. The van der Waals surface area contributed by atoms with Crippen molar-refractivity contribution in [2.75, 3.05) is 23.1 Å². The molecule has 0 saturated heterocycles. The minimum absolute atomic E-state index is 0.0741. The highest BCUT2D eigenvalue weighted by molar-refractivity contribution is 5.89. The van der Waals surface area contributed by atoms with Crippen molar-refractivity contribution in [3.63, 3.8) is 0 Å². The number of aromatic nitrogens is 3. The van der Waals surface area contributed by atoms with Crippen LogP contribution in [0.3, 0.4) is 0 Å². The number of carbonyl (C=O) groups is 1. The molecule has 1 aliphatic carbocycles. The average Bonchev–Trinajstić information content (AvgIpc) is 2.91. The van der Waals surface area contributed by atoms with Crippen LogP contribution in [0.5, 0.6) is 5.88 Å². The minimum Gasteiger partial charge on any atom is -0.481 e. The highest BCUT2D eigenvalue weighted by atomic mass is 19.4. The summed E-state index contributed by atoms with van der Waals surface area (Å²) in [6.07, 6.45) is 2.53. The van der Waals surface area contributed by atoms with Crippen LogP contribution in [0.4, 0.5) is 36.4 Å². The molecule has 0 unspecified atom stereocenters. The summed E-state index contributed by atoms with van der Waals surface area (Å²) in [7, 11) is 1.45. The second kappa shape index (κ2) is 13.5. The quantitative estimate of drug-likeness (QED) is 0.163. The van der Waals surface area contributed by atoms with Gasteiger partial charge in [-0.3, -0.25) is 4.79 Å². The molecule has 0 aromatic carbocycles. The van der Waals surface area contributed by atoms with Crippen LogP contribution < -0.4 is 26.0 Å². The van der Waals surface area contributed by atoms with Gasteiger partial charge in [-0.1, -0.05) is 18.7 Å². The van der Waals surface area contributed by atoms with Crippen molar-refractivity contribution in [2.24, 2.45) is 0 Å². The first-order valence-corrected chi connectivity index (χ1v) is 13.2. The zero-order chi connectivity index (χ0) is 31.1. The summed E-state index contributed by atoms with van der Waals surface area (Å²) in [6, 6.07) is 3.30. The van der Waals surface area contributed by atoms with Crippen LogP contribution >= 0.6 is 0 Å². The van der Waals surface area contributed by atoms with Gasteiger partial charge in [-0.15, -0.1) is 0 Å². The Bertz CT molecular complexity index is 1370. The number of methoxy groups -OCH3 is 1. The molecule has 226 valence electrons. The van der Waals surface area contributed by atoms with Crippen molar-refractivity contribution in [2.45, 2.75) is 64.3 Å². The van der Waals surface area contributed by atoms with E-state index < -0.39 is 29.1 Å². The van der Waals surface area contributed by atoms with Gasteiger partial charge in [0.1, 0.15) is 17.2 Å². The summed E-state index contributed by atoms with van der Waals surface area (Å²) in [5, 5.41) is 21.7. The Morgan fingerprint density at radius 3 is 2.40 bits per heavy atom. The molecule has 1 saturated carbocycles. The maximum atomic E-state index is 13.9. The number of rotatable bonds is 11. The Kier molecular flexibility index (Phi) is 10.3. The van der Waals surface area contributed by atoms with Gasteiger partial charge in [-0.25, -0.2) is 4.98 Å². The average molecular weight is 588 g/mol. The largest absolute Gasteiger partial charge is 0.481 e. The molecule has 0 atom stereocenters. The monoisotopic (exact) mass is 587 g/mol. The molecular weight excluding hydrogens is 551 g/mol. The predicted molar refractivity (Wildman–Crippen MR) is 156 cm³/mol. The number of pyridine rings is 1. The molecule has 42 heavy (non-hydrogen) atoms. The van der Waals surface area contributed by atoms with E-state index in [1.54, 1.807) is 32.1 Å². The molecule has 2 heterocycles. The molecule has 0 bridgehead atoms. The van der Waals surface area contributed by atoms with E-state index in [0.29, 0.717) is 30.5 Å². The van der Waals surface area contributed by atoms with E-state index in [2.05, 4.69) is 49.4 Å². The van der Waals surface area contributed by atoms with E-state index in [1.807, 2.05) is 6.92 Å². The minimum atomic E-state index is -4.78. The molecule has 0 aliphatic heterocycles. The summed E-state index contributed by atoms with van der Waals surface area (Å²) >= 11 is 0. The Morgan fingerprint density at radius 1 is 1.14 bits per heavy atom. The van der Waals surface area contributed by atoms with Crippen LogP contribution in [0.2, 0.25) is 0 Å². The van der Waals surface area contributed by atoms with Crippen molar-refractivity contribution in [1.29, 1.82) is 0 Å². The van der Waals surface area contributed by atoms with Gasteiger partial charge in [0, 0.05) is 30.1 Å². The first kappa shape index (κ1) is 32.1. The molecule has 1 fully saturated rings. The van der Waals surface area contributed by atoms with E-state index >= 15 is 0 Å². The van der Waals surface area contributed by atoms with Crippen LogP contribution in [-0.4, -0.2) is 44.7 Å². The van der Waals surface area contributed by atoms with Crippen LogP contribution in [0.1, 0.15) is 52.0 Å². The first-order chi connectivity index (χ1) is 19.7. The van der Waals surface area contributed by atoms with Gasteiger partial charge in [0.15, 0.2) is 0 Å². The number of ether oxygens (including phenoxy) is 1. The predicted octanol–water partition coefficient (Wildman–Crippen LogP) is 5.83. The zero-order valence-corrected chi connectivity index (χ0v) is 24.0. The van der Waals surface area contributed by atoms with Gasteiger partial charge in [-0.2, -0.15) is 23.1 Å². The molecule has 1 amide bonds. The van der Waals surface area contributed by atoms with Crippen molar-refractivity contribution >= 4 is 29.2 Å². The third-order valence-corrected chi connectivity index (χ3v) is 6.40. The number of carbonyl (C=O) groups excluding carboxylic acids is 1. The fourth-order valence-corrected chi connectivity index (χ4v) is 4.23. The van der Waals surface area contributed by atoms with Crippen molar-refractivity contribution in [3.05, 3.63) is 72.2 Å². The van der Waals surface area contributed by atoms with Crippen LogP contribution in [0, 0.1) is 0 Å². The number of anilines is 4. The Labute approximate surface area is 242 Å². The summed E-state index contributed by atoms with van der Waals surface area (Å²) in [4.78, 5) is 24.4. The van der Waals surface area contributed by atoms with Gasteiger partial charge in [-0.05, 0) is 64.7 Å². The molecule has 0 radical (unpaired) electrons. The Hall–Kier alpha value is -4.39. The number of alkyl halides is 3. The molecular formula is C29H36F3N7O3. The summed E-state index contributed by atoms with van der Waals surface area (Å²) in [5.41, 5.74) is -0.378. The molecule has 2 aromatic heterocycles. The molecule has 10 nitrogen and oxygen atoms in total. The van der Waals surface area contributed by atoms with E-state index in [-0.39, 0.29) is 29.3 Å². The van der Waals surface area contributed by atoms with E-state index in [4.69, 9.17) is 4.74 Å². The summed E-state index contributed by atoms with van der Waals surface area (Å²) in [6.45, 7) is 12.4. The Balaban J connectivity index is 1.96. The third-order valence-electron chi connectivity index (χ3n) is 6.40. The smallest absolute Gasteiger partial charge is 0.421 e. The normalized spacial score (nSPS) is 19.1. The van der Waals surface area contributed by atoms with Crippen molar-refractivity contribution in [3.8, 4) is 5.88 Å². The molecule has 0 spiro atoms. The molecule has 2 aromatic rings. The topological polar surface area (TPSA) is 133 Å². The van der Waals surface area contributed by atoms with Crippen LogP contribution in [-0.2, 0) is 11.0 Å². The summed E-state index contributed by atoms with van der Waals surface area (Å²) < 4.78 is 47.1. The van der Waals surface area contributed by atoms with E-state index in [9.17, 15) is 23.1 Å². The molecule has 13 heteroatoms. The zero-order valence-electron chi connectivity index (χ0n) is 24.0. The lowest BCUT2D eigenvalue weighted by Crippen LogP contribution is -2.35. The second-order valence-electron chi connectivity index (χ2n) is 10.3. The van der Waals surface area contributed by atoms with E-state index in [1.165, 1.54) is 13.2 Å². The van der Waals surface area contributed by atoms with Crippen LogP contribution in [0.15, 0.2) is 66.7 Å². The number of allylic oxidation sites excluding steroid dienone is 3. The summed E-state index contributed by atoms with van der Waals surface area (Å²) in [5.74, 6) is -0.511. The first-order valence-electron chi connectivity index (χ1n) is 13.2. The lowest BCUT2D eigenvalue weighted by molar-refractivity contribution is -0.137. The number of aliphatic hydroxyl groups is 1. The van der Waals surface area contributed by atoms with Gasteiger partial charge < -0.3 is 31.1 Å². The second-order valence-corrected chi connectivity index (χ2v) is 10.3. The Morgan fingerprint density at radius 2 is 1.83 bits per heavy atom. The third kappa shape index (κ3) is 9.06. The highest BCUT2D eigenvalue weighted by Gasteiger charge is 2.36. The lowest BCUT2D eigenvalue weighted by atomic mass is 9.84. The molecule has 1 aliphatic rings. The fourth-order valence-electron chi connectivity index (χ4n) is 4.23. The number of nitrogens with one attached hydrogen (secondary N) is 4. The maximum Gasteiger partial charge on any atom is 0.421 e. The SMILES string of the molecule is C=CC(=O)N/C(C=C(C)C)=C(/C=C)Nc1nc(Nc2cc(NC3CCC(C)(O)CC3)nc(OC)c2)ncc1C(F)(F)F. The number of nitrogens with zero attached hydrogens (tertiary/aromatic N) is 3. The van der Waals surface area contributed by atoms with Gasteiger partial charge in [0.25, 0.3) is 0 Å². The van der Waals surface area contributed by atoms with Gasteiger partial charge in [0.05, 0.1) is 24.1 Å². The van der Waals surface area contributed by atoms with Gasteiger partial charge >= 0.3 is 6.18 Å². The maximum absolute atomic E-state index is 13.9. The number of hydrogen-bond donors (Lipinski definition) is 5. The number of halogens is 3. The van der Waals surface area contributed by atoms with E-state index in [0.717, 1.165) is 24.5 Å². The number of hydrogen-bond acceptors (Lipinski definition) is 9. The molecule has 3 rings (SSSR count). The van der Waals surface area contributed by atoms with Crippen LogP contribution in [0.25, 0.3) is 0 Å². The van der Waals surface area contributed by atoms with Crippen molar-refractivity contribution in [1.82, 2.24) is 20.3 Å².